The van der Waals surface area contributed by atoms with Crippen LogP contribution >= 0.6 is 0 Å². The highest BCUT2D eigenvalue weighted by atomic mass is 19.1. The Morgan fingerprint density at radius 1 is 1.38 bits per heavy atom. The van der Waals surface area contributed by atoms with E-state index < -0.39 is 11.1 Å². The number of aliphatic hydroxyl groups excluding tert-OH is 1. The van der Waals surface area contributed by atoms with Crippen LogP contribution < -0.4 is 16.2 Å². The number of nitrogens with zero attached hydrogens (tertiary/aromatic N) is 3. The lowest BCUT2D eigenvalue weighted by Crippen LogP contribution is -2.41. The fourth-order valence-corrected chi connectivity index (χ4v) is 3.95. The van der Waals surface area contributed by atoms with Crippen molar-refractivity contribution in [3.05, 3.63) is 81.7 Å². The van der Waals surface area contributed by atoms with Crippen molar-refractivity contribution in [1.82, 2.24) is 9.55 Å². The lowest BCUT2D eigenvalue weighted by Gasteiger charge is -2.29. The molecule has 1 saturated carbocycles. The maximum atomic E-state index is 13.9. The third-order valence-corrected chi connectivity index (χ3v) is 6.18. The number of pyridine rings is 2. The Hall–Kier alpha value is -4.03. The summed E-state index contributed by atoms with van der Waals surface area (Å²) in [7, 11) is 0. The minimum Gasteiger partial charge on any atom is -0.394 e. The number of nitrogens with one attached hydrogen (secondary N) is 3. The predicted molar refractivity (Wildman–Crippen MR) is 128 cm³/mol. The first-order chi connectivity index (χ1) is 16.4. The monoisotopic (exact) mass is 460 g/mol. The molecule has 0 amide bonds. The van der Waals surface area contributed by atoms with Crippen LogP contribution in [0.2, 0.25) is 0 Å². The largest absolute Gasteiger partial charge is 0.394 e. The van der Waals surface area contributed by atoms with Gasteiger partial charge >= 0.3 is 0 Å². The number of aromatic nitrogens is 2. The van der Waals surface area contributed by atoms with Crippen molar-refractivity contribution in [1.29, 1.82) is 10.7 Å². The van der Waals surface area contributed by atoms with Crippen LogP contribution in [0.25, 0.3) is 5.69 Å². The smallest absolute Gasteiger partial charge is 0.266 e. The van der Waals surface area contributed by atoms with Crippen molar-refractivity contribution in [2.24, 2.45) is 5.92 Å². The number of halogens is 1. The van der Waals surface area contributed by atoms with Crippen molar-refractivity contribution in [3.63, 3.8) is 0 Å². The summed E-state index contributed by atoms with van der Waals surface area (Å²) >= 11 is 0. The van der Waals surface area contributed by atoms with Gasteiger partial charge in [0.1, 0.15) is 17.7 Å². The number of rotatable bonds is 9. The van der Waals surface area contributed by atoms with Crippen molar-refractivity contribution in [2.45, 2.75) is 31.8 Å². The second kappa shape index (κ2) is 9.45. The molecule has 34 heavy (non-hydrogen) atoms. The van der Waals surface area contributed by atoms with Crippen LogP contribution in [0.3, 0.4) is 0 Å². The molecule has 0 bridgehead atoms. The topological polar surface area (TPSA) is 127 Å². The summed E-state index contributed by atoms with van der Waals surface area (Å²) in [6, 6.07) is 11.6. The Morgan fingerprint density at radius 2 is 2.15 bits per heavy atom. The maximum Gasteiger partial charge on any atom is 0.266 e. The summed E-state index contributed by atoms with van der Waals surface area (Å²) < 4.78 is 15.2. The highest BCUT2D eigenvalue weighted by Crippen LogP contribution is 2.41. The molecule has 1 aromatic carbocycles. The number of benzene rings is 1. The van der Waals surface area contributed by atoms with Gasteiger partial charge in [-0.2, -0.15) is 5.26 Å². The van der Waals surface area contributed by atoms with E-state index in [0.29, 0.717) is 28.7 Å². The highest BCUT2D eigenvalue weighted by molar-refractivity contribution is 5.85. The van der Waals surface area contributed by atoms with Gasteiger partial charge in [-0.1, -0.05) is 18.2 Å². The van der Waals surface area contributed by atoms with E-state index in [1.54, 1.807) is 30.3 Å². The number of hydrogen-bond donors (Lipinski definition) is 4. The summed E-state index contributed by atoms with van der Waals surface area (Å²) in [6.07, 6.45) is 5.84. The third-order valence-electron chi connectivity index (χ3n) is 6.18. The standard InChI is InChI=1S/C25H25FN6O2/c1-25(15-33,18-6-7-18)31-23-10-22(17(11-27)14-30-23)32-9-8-21(19(12-28)24(32)34)29-13-16-4-2-3-5-20(16)26/h2-5,8-10,12,14,18,28-29,33H,6-7,13,15H2,1H3,(H,30,31). The van der Waals surface area contributed by atoms with Crippen molar-refractivity contribution in [3.8, 4) is 11.8 Å². The molecule has 0 spiro atoms. The van der Waals surface area contributed by atoms with Crippen molar-refractivity contribution >= 4 is 17.7 Å². The van der Waals surface area contributed by atoms with Crippen LogP contribution in [-0.4, -0.2) is 33.0 Å². The van der Waals surface area contributed by atoms with E-state index in [4.69, 9.17) is 5.41 Å². The first-order valence-electron chi connectivity index (χ1n) is 10.9. The molecule has 0 radical (unpaired) electrons. The molecule has 0 aliphatic heterocycles. The quantitative estimate of drug-likeness (QED) is 0.363. The van der Waals surface area contributed by atoms with E-state index >= 15 is 0 Å². The van der Waals surface area contributed by atoms with Gasteiger partial charge in [-0.25, -0.2) is 9.37 Å². The van der Waals surface area contributed by atoms with E-state index in [9.17, 15) is 19.6 Å². The summed E-state index contributed by atoms with van der Waals surface area (Å²) in [5, 5.41) is 33.5. The number of hydrogen-bond acceptors (Lipinski definition) is 7. The molecule has 9 heteroatoms. The van der Waals surface area contributed by atoms with Gasteiger partial charge in [-0.3, -0.25) is 9.36 Å². The molecule has 4 N–H and O–H groups in total. The minimum atomic E-state index is -0.552. The van der Waals surface area contributed by atoms with Crippen molar-refractivity contribution < 1.29 is 9.50 Å². The molecule has 1 unspecified atom stereocenters. The predicted octanol–water partition coefficient (Wildman–Crippen LogP) is 3.43. The third kappa shape index (κ3) is 4.54. The molecule has 4 rings (SSSR count). The number of aliphatic hydroxyl groups is 1. The zero-order valence-electron chi connectivity index (χ0n) is 18.7. The average Bonchev–Trinajstić information content (AvgIpc) is 3.70. The van der Waals surface area contributed by atoms with Crippen molar-refractivity contribution in [2.75, 3.05) is 17.2 Å². The second-order valence-corrected chi connectivity index (χ2v) is 8.58. The van der Waals surface area contributed by atoms with E-state index in [1.807, 2.05) is 6.92 Å². The Kier molecular flexibility index (Phi) is 6.43. The Bertz CT molecular complexity index is 1330. The van der Waals surface area contributed by atoms with E-state index in [0.717, 1.165) is 19.1 Å². The van der Waals surface area contributed by atoms with Gasteiger partial charge in [0.05, 0.1) is 34.6 Å². The first-order valence-corrected chi connectivity index (χ1v) is 10.9. The van der Waals surface area contributed by atoms with E-state index in [2.05, 4.69) is 21.7 Å². The zero-order chi connectivity index (χ0) is 24.3. The molecule has 1 aliphatic carbocycles. The molecule has 1 fully saturated rings. The fourth-order valence-electron chi connectivity index (χ4n) is 3.95. The molecule has 1 aliphatic rings. The van der Waals surface area contributed by atoms with Gasteiger partial charge in [-0.15, -0.1) is 0 Å². The molecule has 2 aromatic heterocycles. The lowest BCUT2D eigenvalue weighted by molar-refractivity contribution is 0.205. The Morgan fingerprint density at radius 3 is 2.79 bits per heavy atom. The van der Waals surface area contributed by atoms with E-state index in [-0.39, 0.29) is 30.1 Å². The van der Waals surface area contributed by atoms with Gasteiger partial charge < -0.3 is 21.1 Å². The molecule has 2 heterocycles. The SMILES string of the molecule is CC(CO)(Nc1cc(-n2ccc(NCc3ccccc3F)c(C=N)c2=O)c(C#N)cn1)C1CC1. The fraction of sp³-hybridized carbons (Fsp3) is 0.280. The van der Waals surface area contributed by atoms with Gasteiger partial charge in [-0.05, 0) is 37.8 Å². The van der Waals surface area contributed by atoms with Gasteiger partial charge in [0.25, 0.3) is 5.56 Å². The minimum absolute atomic E-state index is 0.0744. The maximum absolute atomic E-state index is 13.9. The van der Waals surface area contributed by atoms with Crippen LogP contribution in [0.1, 0.15) is 36.5 Å². The number of anilines is 2. The average molecular weight is 461 g/mol. The Balaban J connectivity index is 1.68. The zero-order valence-corrected chi connectivity index (χ0v) is 18.7. The molecule has 3 aromatic rings. The van der Waals surface area contributed by atoms with Crippen LogP contribution in [0.4, 0.5) is 15.9 Å². The molecule has 8 nitrogen and oxygen atoms in total. The van der Waals surface area contributed by atoms with Gasteiger partial charge in [0.15, 0.2) is 0 Å². The molecular formula is C25H25FN6O2. The summed E-state index contributed by atoms with van der Waals surface area (Å²) in [4.78, 5) is 17.5. The van der Waals surface area contributed by atoms with Gasteiger partial charge in [0.2, 0.25) is 0 Å². The van der Waals surface area contributed by atoms with Crippen LogP contribution in [0.15, 0.2) is 53.6 Å². The molecular weight excluding hydrogens is 435 g/mol. The lowest BCUT2D eigenvalue weighted by atomic mass is 9.97. The summed E-state index contributed by atoms with van der Waals surface area (Å²) in [5.74, 6) is 0.393. The summed E-state index contributed by atoms with van der Waals surface area (Å²) in [6.45, 7) is 1.99. The highest BCUT2D eigenvalue weighted by Gasteiger charge is 2.41. The molecule has 0 saturated heterocycles. The van der Waals surface area contributed by atoms with Gasteiger partial charge in [0, 0.05) is 36.8 Å². The normalized spacial score (nSPS) is 14.6. The molecule has 1 atom stereocenters. The second-order valence-electron chi connectivity index (χ2n) is 8.58. The van der Waals surface area contributed by atoms with E-state index in [1.165, 1.54) is 23.0 Å². The van der Waals surface area contributed by atoms with Crippen LogP contribution in [0.5, 0.6) is 0 Å². The van der Waals surface area contributed by atoms with Crippen LogP contribution in [-0.2, 0) is 6.54 Å². The summed E-state index contributed by atoms with van der Waals surface area (Å²) in [5.41, 5.74) is 0.331. The van der Waals surface area contributed by atoms with Crippen LogP contribution in [0, 0.1) is 28.5 Å². The number of nitriles is 1. The first kappa shape index (κ1) is 23.1. The molecule has 174 valence electrons. The Labute approximate surface area is 196 Å².